The van der Waals surface area contributed by atoms with Gasteiger partial charge in [-0.05, 0) is 12.8 Å². The highest BCUT2D eigenvalue weighted by atomic mass is 14.0. The Hall–Kier alpha value is -0.440. The van der Waals surface area contributed by atoms with Crippen LogP contribution in [0.15, 0.2) is 0 Å². The molecule has 0 heteroatoms. The van der Waals surface area contributed by atoms with Gasteiger partial charge < -0.3 is 0 Å². The van der Waals surface area contributed by atoms with Crippen LogP contribution in [0.5, 0.6) is 0 Å². The fourth-order valence-corrected chi connectivity index (χ4v) is 1.52. The predicted octanol–water partition coefficient (Wildman–Crippen LogP) is 5.18. The summed E-state index contributed by atoms with van der Waals surface area (Å²) in [6, 6.07) is 0. The fourth-order valence-electron chi connectivity index (χ4n) is 1.52. The molecule has 0 N–H and O–H groups in total. The summed E-state index contributed by atoms with van der Waals surface area (Å²) in [6.07, 6.45) is 12.0. The van der Waals surface area contributed by atoms with E-state index in [1.807, 2.05) is 0 Å². The highest BCUT2D eigenvalue weighted by Gasteiger charge is 1.90. The normalized spacial score (nSPS) is 11.9. The molecule has 0 aliphatic carbocycles. The van der Waals surface area contributed by atoms with E-state index in [4.69, 9.17) is 0 Å². The van der Waals surface area contributed by atoms with E-state index >= 15 is 0 Å². The molecule has 0 nitrogen and oxygen atoms in total. The van der Waals surface area contributed by atoms with Crippen molar-refractivity contribution in [2.24, 2.45) is 5.92 Å². The summed E-state index contributed by atoms with van der Waals surface area (Å²) in [5, 5.41) is 0. The van der Waals surface area contributed by atoms with Gasteiger partial charge in [0.05, 0.1) is 0 Å². The van der Waals surface area contributed by atoms with Crippen molar-refractivity contribution in [3.05, 3.63) is 0 Å². The van der Waals surface area contributed by atoms with E-state index in [1.54, 1.807) is 0 Å². The lowest BCUT2D eigenvalue weighted by atomic mass is 10.1. The second kappa shape index (κ2) is 11.6. The summed E-state index contributed by atoms with van der Waals surface area (Å²) in [4.78, 5) is 0. The third-order valence-electron chi connectivity index (χ3n) is 2.87. The average molecular weight is 208 g/mol. The monoisotopic (exact) mass is 208 g/mol. The Balaban J connectivity index is 3.13. The summed E-state index contributed by atoms with van der Waals surface area (Å²) in [5.41, 5.74) is 0. The molecule has 15 heavy (non-hydrogen) atoms. The summed E-state index contributed by atoms with van der Waals surface area (Å²) in [7, 11) is 0. The van der Waals surface area contributed by atoms with Gasteiger partial charge in [0.15, 0.2) is 0 Å². The van der Waals surface area contributed by atoms with Crippen LogP contribution in [0.4, 0.5) is 0 Å². The lowest BCUT2D eigenvalue weighted by Gasteiger charge is -1.98. The van der Waals surface area contributed by atoms with Crippen molar-refractivity contribution in [1.29, 1.82) is 0 Å². The molecule has 0 heterocycles. The highest BCUT2D eigenvalue weighted by Crippen LogP contribution is 2.08. The molecule has 0 fully saturated rings. The minimum atomic E-state index is 0.592. The van der Waals surface area contributed by atoms with Crippen LogP contribution in [-0.2, 0) is 0 Å². The minimum Gasteiger partial charge on any atom is -0.103 e. The molecule has 0 bridgehead atoms. The number of hydrogen-bond acceptors (Lipinski definition) is 0. The van der Waals surface area contributed by atoms with E-state index in [1.165, 1.54) is 51.4 Å². The van der Waals surface area contributed by atoms with Gasteiger partial charge in [-0.25, -0.2) is 0 Å². The van der Waals surface area contributed by atoms with Gasteiger partial charge in [0.1, 0.15) is 0 Å². The Morgan fingerprint density at radius 2 is 1.47 bits per heavy atom. The third kappa shape index (κ3) is 11.5. The van der Waals surface area contributed by atoms with Crippen molar-refractivity contribution >= 4 is 0 Å². The lowest BCUT2D eigenvalue weighted by molar-refractivity contribution is 0.593. The maximum Gasteiger partial charge on any atom is 0.0171 e. The van der Waals surface area contributed by atoms with E-state index < -0.39 is 0 Å². The Morgan fingerprint density at radius 1 is 0.867 bits per heavy atom. The van der Waals surface area contributed by atoms with Gasteiger partial charge in [-0.2, -0.15) is 0 Å². The Labute approximate surface area is 96.8 Å². The van der Waals surface area contributed by atoms with Gasteiger partial charge in [0, 0.05) is 12.3 Å². The first-order valence-electron chi connectivity index (χ1n) is 6.79. The molecule has 88 valence electrons. The van der Waals surface area contributed by atoms with Gasteiger partial charge in [0.25, 0.3) is 0 Å². The first kappa shape index (κ1) is 14.6. The molecule has 0 rings (SSSR count). The summed E-state index contributed by atoms with van der Waals surface area (Å²) in [6.45, 7) is 6.68. The standard InChI is InChI=1S/C15H28/c1-4-6-7-8-9-10-11-12-13-14-15(3)5-2/h15H,4-12H2,1-3H3/t15-/m1/s1. The van der Waals surface area contributed by atoms with Crippen molar-refractivity contribution in [3.8, 4) is 11.8 Å². The van der Waals surface area contributed by atoms with Crippen LogP contribution in [0.1, 0.15) is 78.6 Å². The topological polar surface area (TPSA) is 0 Å². The van der Waals surface area contributed by atoms with E-state index in [-0.39, 0.29) is 0 Å². The molecule has 0 aliphatic heterocycles. The van der Waals surface area contributed by atoms with Crippen LogP contribution in [-0.4, -0.2) is 0 Å². The SMILES string of the molecule is CCCCCCCCCC#C[C@H](C)CC. The zero-order valence-corrected chi connectivity index (χ0v) is 10.9. The van der Waals surface area contributed by atoms with Crippen molar-refractivity contribution < 1.29 is 0 Å². The second-order valence-electron chi connectivity index (χ2n) is 4.50. The van der Waals surface area contributed by atoms with Crippen LogP contribution in [0.2, 0.25) is 0 Å². The van der Waals surface area contributed by atoms with Gasteiger partial charge in [-0.1, -0.05) is 59.3 Å². The van der Waals surface area contributed by atoms with Crippen molar-refractivity contribution in [2.45, 2.75) is 78.6 Å². The van der Waals surface area contributed by atoms with Crippen molar-refractivity contribution in [3.63, 3.8) is 0 Å². The van der Waals surface area contributed by atoms with Crippen molar-refractivity contribution in [1.82, 2.24) is 0 Å². The lowest BCUT2D eigenvalue weighted by Crippen LogP contribution is -1.85. The molecule has 1 atom stereocenters. The Bertz CT molecular complexity index is 170. The molecule has 0 saturated heterocycles. The molecule has 0 aromatic rings. The first-order valence-corrected chi connectivity index (χ1v) is 6.79. The smallest absolute Gasteiger partial charge is 0.0171 e. The zero-order chi connectivity index (χ0) is 11.4. The van der Waals surface area contributed by atoms with Crippen LogP contribution >= 0.6 is 0 Å². The zero-order valence-electron chi connectivity index (χ0n) is 10.9. The van der Waals surface area contributed by atoms with E-state index in [9.17, 15) is 0 Å². The fraction of sp³-hybridized carbons (Fsp3) is 0.867. The quantitative estimate of drug-likeness (QED) is 0.381. The molecule has 0 unspecified atom stereocenters. The van der Waals surface area contributed by atoms with Gasteiger partial charge in [-0.3, -0.25) is 0 Å². The molecule has 0 aromatic carbocycles. The van der Waals surface area contributed by atoms with Gasteiger partial charge in [0.2, 0.25) is 0 Å². The van der Waals surface area contributed by atoms with E-state index in [0.717, 1.165) is 6.42 Å². The average Bonchev–Trinajstić information content (AvgIpc) is 2.26. The third-order valence-corrected chi connectivity index (χ3v) is 2.87. The summed E-state index contributed by atoms with van der Waals surface area (Å²) < 4.78 is 0. The highest BCUT2D eigenvalue weighted by molar-refractivity contribution is 5.01. The Morgan fingerprint density at radius 3 is 2.07 bits per heavy atom. The first-order chi connectivity index (χ1) is 7.31. The second-order valence-corrected chi connectivity index (χ2v) is 4.50. The van der Waals surface area contributed by atoms with Crippen LogP contribution in [0, 0.1) is 17.8 Å². The molecule has 0 amide bonds. The van der Waals surface area contributed by atoms with Crippen molar-refractivity contribution in [2.75, 3.05) is 0 Å². The molecule has 0 aromatic heterocycles. The van der Waals surface area contributed by atoms with Gasteiger partial charge >= 0.3 is 0 Å². The number of hydrogen-bond donors (Lipinski definition) is 0. The molecular weight excluding hydrogens is 180 g/mol. The summed E-state index contributed by atoms with van der Waals surface area (Å²) in [5.74, 6) is 7.17. The van der Waals surface area contributed by atoms with Crippen LogP contribution in [0.25, 0.3) is 0 Å². The maximum absolute atomic E-state index is 3.29. The van der Waals surface area contributed by atoms with E-state index in [0.29, 0.717) is 5.92 Å². The largest absolute Gasteiger partial charge is 0.103 e. The Kier molecular flexibility index (Phi) is 11.3. The van der Waals surface area contributed by atoms with Crippen LogP contribution < -0.4 is 0 Å². The minimum absolute atomic E-state index is 0.592. The molecular formula is C15H28. The molecule has 0 radical (unpaired) electrons. The summed E-state index contributed by atoms with van der Waals surface area (Å²) >= 11 is 0. The number of rotatable bonds is 8. The molecule has 0 spiro atoms. The van der Waals surface area contributed by atoms with Crippen LogP contribution in [0.3, 0.4) is 0 Å². The maximum atomic E-state index is 3.29. The number of unbranched alkanes of at least 4 members (excludes halogenated alkanes) is 7. The van der Waals surface area contributed by atoms with Gasteiger partial charge in [-0.15, -0.1) is 11.8 Å². The molecule has 0 saturated carbocycles. The molecule has 0 aliphatic rings. The predicted molar refractivity (Wildman–Crippen MR) is 69.8 cm³/mol. The van der Waals surface area contributed by atoms with E-state index in [2.05, 4.69) is 32.6 Å².